The molecule has 20 heavy (non-hydrogen) atoms. The number of rotatable bonds is 3. The summed E-state index contributed by atoms with van der Waals surface area (Å²) in [6, 6.07) is 1.71. The highest BCUT2D eigenvalue weighted by atomic mass is 35.5. The molecule has 1 heterocycles. The predicted molar refractivity (Wildman–Crippen MR) is 78.9 cm³/mol. The molecule has 5 nitrogen and oxygen atoms in total. The molecule has 1 aromatic rings. The minimum atomic E-state index is -3.95. The fourth-order valence-corrected chi connectivity index (χ4v) is 5.93. The molecule has 0 unspecified atom stereocenters. The average Bonchev–Trinajstić information content (AvgIpc) is 2.62. The molecular formula is C10H10Cl3NO4S2. The summed E-state index contributed by atoms with van der Waals surface area (Å²) in [6.45, 7) is 0. The molecule has 0 saturated carbocycles. The summed E-state index contributed by atoms with van der Waals surface area (Å²) in [5.41, 5.74) is 0. The second-order valence-corrected chi connectivity index (χ2v) is 9.55. The summed E-state index contributed by atoms with van der Waals surface area (Å²) in [5.74, 6) is -0.250. The van der Waals surface area contributed by atoms with Gasteiger partial charge in [0, 0.05) is 6.04 Å². The zero-order valence-corrected chi connectivity index (χ0v) is 13.8. The van der Waals surface area contributed by atoms with Gasteiger partial charge in [0.05, 0.1) is 26.6 Å². The Bertz CT molecular complexity index is 746. The molecule has 10 heteroatoms. The molecule has 1 fully saturated rings. The Kier molecular flexibility index (Phi) is 4.59. The molecule has 1 aliphatic rings. The molecule has 0 aromatic heterocycles. The Balaban J connectivity index is 2.30. The zero-order chi connectivity index (χ0) is 15.1. The molecule has 0 spiro atoms. The van der Waals surface area contributed by atoms with Crippen molar-refractivity contribution in [1.29, 1.82) is 0 Å². The molecule has 1 aromatic carbocycles. The molecule has 1 N–H and O–H groups in total. The van der Waals surface area contributed by atoms with Crippen LogP contribution in [0.3, 0.4) is 0 Å². The topological polar surface area (TPSA) is 80.3 Å². The number of halogens is 3. The second kappa shape index (κ2) is 5.62. The van der Waals surface area contributed by atoms with E-state index in [9.17, 15) is 16.8 Å². The zero-order valence-electron chi connectivity index (χ0n) is 9.94. The molecule has 1 aliphatic heterocycles. The van der Waals surface area contributed by atoms with E-state index in [-0.39, 0.29) is 37.9 Å². The lowest BCUT2D eigenvalue weighted by atomic mass is 10.3. The smallest absolute Gasteiger partial charge is 0.229 e. The van der Waals surface area contributed by atoms with Gasteiger partial charge in [-0.05, 0) is 18.6 Å². The lowest BCUT2D eigenvalue weighted by Gasteiger charge is -2.13. The van der Waals surface area contributed by atoms with E-state index in [4.69, 9.17) is 34.8 Å². The van der Waals surface area contributed by atoms with Crippen LogP contribution in [0.4, 0.5) is 0 Å². The van der Waals surface area contributed by atoms with Crippen LogP contribution in [0.15, 0.2) is 17.0 Å². The van der Waals surface area contributed by atoms with Crippen LogP contribution in [0.2, 0.25) is 15.1 Å². The van der Waals surface area contributed by atoms with Crippen LogP contribution in [-0.2, 0) is 19.9 Å². The summed E-state index contributed by atoms with van der Waals surface area (Å²) < 4.78 is 49.4. The summed E-state index contributed by atoms with van der Waals surface area (Å²) in [5, 5.41) is 0.113. The normalized spacial score (nSPS) is 22.1. The van der Waals surface area contributed by atoms with E-state index >= 15 is 0 Å². The van der Waals surface area contributed by atoms with E-state index in [1.807, 2.05) is 0 Å². The van der Waals surface area contributed by atoms with Gasteiger partial charge in [-0.2, -0.15) is 0 Å². The number of nitrogens with one attached hydrogen (secondary N) is 1. The van der Waals surface area contributed by atoms with Crippen LogP contribution >= 0.6 is 34.8 Å². The summed E-state index contributed by atoms with van der Waals surface area (Å²) in [6.07, 6.45) is 0.237. The first-order chi connectivity index (χ1) is 9.11. The van der Waals surface area contributed by atoms with Gasteiger partial charge in [-0.3, -0.25) is 0 Å². The largest absolute Gasteiger partial charge is 0.242 e. The molecule has 1 atom stereocenters. The predicted octanol–water partition coefficient (Wildman–Crippen LogP) is 2.11. The van der Waals surface area contributed by atoms with Crippen molar-refractivity contribution < 1.29 is 16.8 Å². The molecular weight excluding hydrogens is 369 g/mol. The SMILES string of the molecule is O=S1(=O)CC[C@@H](NS(=O)(=O)c2cc(Cl)c(Cl)cc2Cl)C1. The van der Waals surface area contributed by atoms with E-state index in [0.29, 0.717) is 0 Å². The molecule has 2 rings (SSSR count). The molecule has 0 bridgehead atoms. The van der Waals surface area contributed by atoms with Gasteiger partial charge in [-0.15, -0.1) is 0 Å². The van der Waals surface area contributed by atoms with Crippen LogP contribution in [0.5, 0.6) is 0 Å². The van der Waals surface area contributed by atoms with E-state index in [2.05, 4.69) is 4.72 Å². The highest BCUT2D eigenvalue weighted by Gasteiger charge is 2.32. The van der Waals surface area contributed by atoms with Crippen molar-refractivity contribution in [2.75, 3.05) is 11.5 Å². The van der Waals surface area contributed by atoms with Gasteiger partial charge >= 0.3 is 0 Å². The van der Waals surface area contributed by atoms with Crippen molar-refractivity contribution in [3.05, 3.63) is 27.2 Å². The van der Waals surface area contributed by atoms with Gasteiger partial charge < -0.3 is 0 Å². The monoisotopic (exact) mass is 377 g/mol. The maximum Gasteiger partial charge on any atom is 0.242 e. The Morgan fingerprint density at radius 3 is 2.25 bits per heavy atom. The van der Waals surface area contributed by atoms with Gasteiger partial charge in [0.25, 0.3) is 0 Å². The molecule has 0 amide bonds. The van der Waals surface area contributed by atoms with E-state index < -0.39 is 25.9 Å². The Morgan fingerprint density at radius 1 is 1.10 bits per heavy atom. The van der Waals surface area contributed by atoms with Crippen molar-refractivity contribution in [2.24, 2.45) is 0 Å². The van der Waals surface area contributed by atoms with Crippen LogP contribution in [0, 0.1) is 0 Å². The molecule has 0 aliphatic carbocycles. The molecule has 112 valence electrons. The van der Waals surface area contributed by atoms with Crippen molar-refractivity contribution >= 4 is 54.7 Å². The van der Waals surface area contributed by atoms with Crippen LogP contribution in [-0.4, -0.2) is 34.4 Å². The number of benzene rings is 1. The van der Waals surface area contributed by atoms with Crippen LogP contribution in [0.25, 0.3) is 0 Å². The number of sulfone groups is 1. The van der Waals surface area contributed by atoms with Crippen molar-refractivity contribution in [2.45, 2.75) is 17.4 Å². The third-order valence-electron chi connectivity index (χ3n) is 2.82. The Morgan fingerprint density at radius 2 is 1.70 bits per heavy atom. The van der Waals surface area contributed by atoms with Gasteiger partial charge in [0.15, 0.2) is 9.84 Å². The van der Waals surface area contributed by atoms with E-state index in [1.54, 1.807) is 0 Å². The Hall–Kier alpha value is -0.0500. The maximum absolute atomic E-state index is 12.2. The molecule has 1 saturated heterocycles. The first kappa shape index (κ1) is 16.3. The molecule has 0 radical (unpaired) electrons. The minimum Gasteiger partial charge on any atom is -0.229 e. The van der Waals surface area contributed by atoms with Crippen molar-refractivity contribution in [1.82, 2.24) is 4.72 Å². The third-order valence-corrected chi connectivity index (χ3v) is 7.29. The lowest BCUT2D eigenvalue weighted by Crippen LogP contribution is -2.35. The summed E-state index contributed by atoms with van der Waals surface area (Å²) in [7, 11) is -7.14. The fraction of sp³-hybridized carbons (Fsp3) is 0.400. The third kappa shape index (κ3) is 3.58. The van der Waals surface area contributed by atoms with Crippen LogP contribution < -0.4 is 4.72 Å². The first-order valence-electron chi connectivity index (χ1n) is 5.48. The Labute approximate surface area is 132 Å². The van der Waals surface area contributed by atoms with Gasteiger partial charge in [0.2, 0.25) is 10.0 Å². The van der Waals surface area contributed by atoms with Crippen LogP contribution in [0.1, 0.15) is 6.42 Å². The number of hydrogen-bond acceptors (Lipinski definition) is 4. The first-order valence-corrected chi connectivity index (χ1v) is 9.92. The average molecular weight is 379 g/mol. The van der Waals surface area contributed by atoms with Gasteiger partial charge in [0.1, 0.15) is 4.90 Å². The number of sulfonamides is 1. The summed E-state index contributed by atoms with van der Waals surface area (Å²) in [4.78, 5) is -0.224. The van der Waals surface area contributed by atoms with Gasteiger partial charge in [-0.1, -0.05) is 34.8 Å². The maximum atomic E-state index is 12.2. The summed E-state index contributed by atoms with van der Waals surface area (Å²) >= 11 is 17.4. The highest BCUT2D eigenvalue weighted by Crippen LogP contribution is 2.31. The quantitative estimate of drug-likeness (QED) is 0.817. The van der Waals surface area contributed by atoms with E-state index in [0.717, 1.165) is 6.07 Å². The lowest BCUT2D eigenvalue weighted by molar-refractivity contribution is 0.562. The van der Waals surface area contributed by atoms with Crippen molar-refractivity contribution in [3.8, 4) is 0 Å². The van der Waals surface area contributed by atoms with Crippen molar-refractivity contribution in [3.63, 3.8) is 0 Å². The standard InChI is InChI=1S/C10H10Cl3NO4S2/c11-7-3-9(13)10(4-8(7)12)20(17,18)14-6-1-2-19(15,16)5-6/h3-4,6,14H,1-2,5H2/t6-/m1/s1. The number of hydrogen-bond donors (Lipinski definition) is 1. The minimum absolute atomic E-state index is 0.0324. The van der Waals surface area contributed by atoms with Gasteiger partial charge in [-0.25, -0.2) is 21.6 Å². The fourth-order valence-electron chi connectivity index (χ4n) is 1.88. The second-order valence-electron chi connectivity index (χ2n) is 4.42. The highest BCUT2D eigenvalue weighted by molar-refractivity contribution is 7.92. The van der Waals surface area contributed by atoms with E-state index in [1.165, 1.54) is 6.07 Å².